The molecule has 0 spiro atoms. The SMILES string of the molecule is O=C(Nc1ccc(Br)cc1)Nc1ccccc1Sc1ccccc1. The number of urea groups is 1. The Balaban J connectivity index is 1.70. The monoisotopic (exact) mass is 398 g/mol. The van der Waals surface area contributed by atoms with Gasteiger partial charge in [0.05, 0.1) is 5.69 Å². The summed E-state index contributed by atoms with van der Waals surface area (Å²) in [6, 6.07) is 25.0. The summed E-state index contributed by atoms with van der Waals surface area (Å²) in [4.78, 5) is 14.3. The van der Waals surface area contributed by atoms with E-state index in [-0.39, 0.29) is 6.03 Å². The first-order valence-corrected chi connectivity index (χ1v) is 8.97. The van der Waals surface area contributed by atoms with Crippen molar-refractivity contribution >= 4 is 45.1 Å². The molecule has 120 valence electrons. The highest BCUT2D eigenvalue weighted by molar-refractivity contribution is 9.10. The molecular weight excluding hydrogens is 384 g/mol. The molecular formula is C19H15BrN2OS. The number of benzene rings is 3. The highest BCUT2D eigenvalue weighted by Gasteiger charge is 2.08. The van der Waals surface area contributed by atoms with Gasteiger partial charge in [-0.2, -0.15) is 0 Å². The molecule has 0 aliphatic carbocycles. The maximum Gasteiger partial charge on any atom is 0.323 e. The van der Waals surface area contributed by atoms with Gasteiger partial charge in [-0.15, -0.1) is 0 Å². The maximum absolute atomic E-state index is 12.2. The van der Waals surface area contributed by atoms with E-state index in [1.807, 2.05) is 78.9 Å². The summed E-state index contributed by atoms with van der Waals surface area (Å²) in [5.74, 6) is 0. The Bertz CT molecular complexity index is 822. The summed E-state index contributed by atoms with van der Waals surface area (Å²) in [6.45, 7) is 0. The van der Waals surface area contributed by atoms with E-state index in [1.54, 1.807) is 11.8 Å². The first-order chi connectivity index (χ1) is 11.7. The molecule has 0 aliphatic rings. The van der Waals surface area contributed by atoms with Crippen molar-refractivity contribution in [2.24, 2.45) is 0 Å². The van der Waals surface area contributed by atoms with Gasteiger partial charge in [-0.3, -0.25) is 0 Å². The van der Waals surface area contributed by atoms with Crippen molar-refractivity contribution in [3.63, 3.8) is 0 Å². The van der Waals surface area contributed by atoms with E-state index in [0.29, 0.717) is 0 Å². The number of para-hydroxylation sites is 1. The van der Waals surface area contributed by atoms with Gasteiger partial charge >= 0.3 is 6.03 Å². The average molecular weight is 399 g/mol. The minimum Gasteiger partial charge on any atom is -0.308 e. The van der Waals surface area contributed by atoms with Crippen LogP contribution in [-0.2, 0) is 0 Å². The van der Waals surface area contributed by atoms with Crippen LogP contribution >= 0.6 is 27.7 Å². The molecule has 0 fully saturated rings. The van der Waals surface area contributed by atoms with E-state index in [9.17, 15) is 4.79 Å². The van der Waals surface area contributed by atoms with E-state index in [0.717, 1.165) is 25.6 Å². The summed E-state index contributed by atoms with van der Waals surface area (Å²) < 4.78 is 0.970. The van der Waals surface area contributed by atoms with Crippen molar-refractivity contribution in [1.82, 2.24) is 0 Å². The predicted molar refractivity (Wildman–Crippen MR) is 104 cm³/mol. The van der Waals surface area contributed by atoms with Crippen LogP contribution in [0.15, 0.2) is 93.1 Å². The number of nitrogens with one attached hydrogen (secondary N) is 2. The number of carbonyl (C=O) groups is 1. The number of rotatable bonds is 4. The lowest BCUT2D eigenvalue weighted by atomic mass is 10.3. The van der Waals surface area contributed by atoms with Crippen molar-refractivity contribution in [1.29, 1.82) is 0 Å². The molecule has 0 bridgehead atoms. The fourth-order valence-corrected chi connectivity index (χ4v) is 3.28. The van der Waals surface area contributed by atoms with Crippen LogP contribution in [0.1, 0.15) is 0 Å². The molecule has 3 rings (SSSR count). The molecule has 0 saturated heterocycles. The molecule has 0 unspecified atom stereocenters. The highest BCUT2D eigenvalue weighted by Crippen LogP contribution is 2.33. The van der Waals surface area contributed by atoms with Crippen molar-refractivity contribution in [2.75, 3.05) is 10.6 Å². The van der Waals surface area contributed by atoms with Crippen LogP contribution in [0.25, 0.3) is 0 Å². The quantitative estimate of drug-likeness (QED) is 0.545. The summed E-state index contributed by atoms with van der Waals surface area (Å²) in [7, 11) is 0. The Morgan fingerprint density at radius 1 is 0.792 bits per heavy atom. The van der Waals surface area contributed by atoms with Gasteiger partial charge in [0.15, 0.2) is 0 Å². The van der Waals surface area contributed by atoms with E-state index in [2.05, 4.69) is 26.6 Å². The van der Waals surface area contributed by atoms with Crippen LogP contribution in [0.2, 0.25) is 0 Å². The largest absolute Gasteiger partial charge is 0.323 e. The molecule has 0 saturated carbocycles. The third-order valence-electron chi connectivity index (χ3n) is 3.21. The number of halogens is 1. The van der Waals surface area contributed by atoms with Gasteiger partial charge in [0, 0.05) is 20.0 Å². The van der Waals surface area contributed by atoms with E-state index >= 15 is 0 Å². The molecule has 0 aromatic heterocycles. The number of anilines is 2. The molecule has 5 heteroatoms. The molecule has 0 heterocycles. The fourth-order valence-electron chi connectivity index (χ4n) is 2.09. The summed E-state index contributed by atoms with van der Waals surface area (Å²) >= 11 is 4.99. The number of hydrogen-bond acceptors (Lipinski definition) is 2. The number of amides is 2. The molecule has 2 N–H and O–H groups in total. The lowest BCUT2D eigenvalue weighted by Gasteiger charge is -2.12. The summed E-state index contributed by atoms with van der Waals surface area (Å²) in [5.41, 5.74) is 1.52. The standard InChI is InChI=1S/C19H15BrN2OS/c20-14-10-12-15(13-11-14)21-19(23)22-17-8-4-5-9-18(17)24-16-6-2-1-3-7-16/h1-13H,(H2,21,22,23). The average Bonchev–Trinajstić information content (AvgIpc) is 2.60. The fraction of sp³-hybridized carbons (Fsp3) is 0. The second-order valence-corrected chi connectivity index (χ2v) is 7.03. The van der Waals surface area contributed by atoms with Gasteiger partial charge in [-0.05, 0) is 48.5 Å². The minimum atomic E-state index is -0.265. The number of hydrogen-bond donors (Lipinski definition) is 2. The predicted octanol–water partition coefficient (Wildman–Crippen LogP) is 6.24. The zero-order chi connectivity index (χ0) is 16.8. The Hall–Kier alpha value is -2.24. The Morgan fingerprint density at radius 2 is 1.46 bits per heavy atom. The van der Waals surface area contributed by atoms with E-state index in [1.165, 1.54) is 0 Å². The lowest BCUT2D eigenvalue weighted by molar-refractivity contribution is 0.262. The van der Waals surface area contributed by atoms with E-state index < -0.39 is 0 Å². The molecule has 0 atom stereocenters. The summed E-state index contributed by atoms with van der Waals surface area (Å²) in [6.07, 6.45) is 0. The van der Waals surface area contributed by atoms with E-state index in [4.69, 9.17) is 0 Å². The first kappa shape index (κ1) is 16.6. The smallest absolute Gasteiger partial charge is 0.308 e. The van der Waals surface area contributed by atoms with Crippen LogP contribution in [0.3, 0.4) is 0 Å². The zero-order valence-electron chi connectivity index (χ0n) is 12.7. The molecule has 0 aliphatic heterocycles. The van der Waals surface area contributed by atoms with Crippen LogP contribution < -0.4 is 10.6 Å². The molecule has 24 heavy (non-hydrogen) atoms. The molecule has 0 radical (unpaired) electrons. The molecule has 2 amide bonds. The maximum atomic E-state index is 12.2. The topological polar surface area (TPSA) is 41.1 Å². The van der Waals surface area contributed by atoms with Gasteiger partial charge in [0.2, 0.25) is 0 Å². The summed E-state index contributed by atoms with van der Waals surface area (Å²) in [5, 5.41) is 5.74. The molecule has 3 aromatic carbocycles. The minimum absolute atomic E-state index is 0.265. The first-order valence-electron chi connectivity index (χ1n) is 7.36. The lowest BCUT2D eigenvalue weighted by Crippen LogP contribution is -2.19. The zero-order valence-corrected chi connectivity index (χ0v) is 15.1. The normalized spacial score (nSPS) is 10.2. The van der Waals surface area contributed by atoms with Crippen molar-refractivity contribution in [3.8, 4) is 0 Å². The van der Waals surface area contributed by atoms with Crippen molar-refractivity contribution < 1.29 is 4.79 Å². The second kappa shape index (κ2) is 8.04. The van der Waals surface area contributed by atoms with Gasteiger partial charge in [0.25, 0.3) is 0 Å². The van der Waals surface area contributed by atoms with Gasteiger partial charge in [-0.25, -0.2) is 4.79 Å². The van der Waals surface area contributed by atoms with Crippen molar-refractivity contribution in [3.05, 3.63) is 83.3 Å². The third kappa shape index (κ3) is 4.63. The van der Waals surface area contributed by atoms with Gasteiger partial charge in [-0.1, -0.05) is 58.0 Å². The second-order valence-electron chi connectivity index (χ2n) is 5.00. The molecule has 3 aromatic rings. The van der Waals surface area contributed by atoms with Crippen LogP contribution in [-0.4, -0.2) is 6.03 Å². The van der Waals surface area contributed by atoms with Crippen molar-refractivity contribution in [2.45, 2.75) is 9.79 Å². The van der Waals surface area contributed by atoms with Crippen LogP contribution in [0.5, 0.6) is 0 Å². The Morgan fingerprint density at radius 3 is 2.21 bits per heavy atom. The van der Waals surface area contributed by atoms with Crippen LogP contribution in [0.4, 0.5) is 16.2 Å². The highest BCUT2D eigenvalue weighted by atomic mass is 79.9. The third-order valence-corrected chi connectivity index (χ3v) is 4.82. The van der Waals surface area contributed by atoms with Gasteiger partial charge in [0.1, 0.15) is 0 Å². The molecule has 3 nitrogen and oxygen atoms in total. The Kier molecular flexibility index (Phi) is 5.56. The Labute approximate surface area is 153 Å². The van der Waals surface area contributed by atoms with Gasteiger partial charge < -0.3 is 10.6 Å². The van der Waals surface area contributed by atoms with Crippen LogP contribution in [0, 0.1) is 0 Å². The number of carbonyl (C=O) groups excluding carboxylic acids is 1.